The molecule has 0 fully saturated rings. The minimum Gasteiger partial charge on any atom is -0.364 e. The Bertz CT molecular complexity index is 343. The number of aryl methyl sites for hydroxylation is 2. The van der Waals surface area contributed by atoms with Crippen LogP contribution in [0.2, 0.25) is 0 Å². The van der Waals surface area contributed by atoms with Crippen molar-refractivity contribution in [2.45, 2.75) is 39.9 Å². The Labute approximate surface area is 91.9 Å². The highest BCUT2D eigenvalue weighted by Gasteiger charge is 2.13. The van der Waals surface area contributed by atoms with E-state index in [2.05, 4.69) is 26.8 Å². The maximum atomic E-state index is 9.68. The van der Waals surface area contributed by atoms with Gasteiger partial charge in [-0.05, 0) is 42.5 Å². The molecule has 0 saturated carbocycles. The van der Waals surface area contributed by atoms with Crippen LogP contribution in [0.3, 0.4) is 0 Å². The molecule has 0 amide bonds. The first-order chi connectivity index (χ1) is 6.97. The van der Waals surface area contributed by atoms with Crippen molar-refractivity contribution in [3.8, 4) is 0 Å². The average Bonchev–Trinajstić information content (AvgIpc) is 2.16. The first kappa shape index (κ1) is 12.2. The molecule has 1 aromatic carbocycles. The summed E-state index contributed by atoms with van der Waals surface area (Å²) in [4.78, 5) is 0. The van der Waals surface area contributed by atoms with Crippen LogP contribution in [0.5, 0.6) is 0 Å². The van der Waals surface area contributed by atoms with Crippen molar-refractivity contribution in [2.75, 3.05) is 7.11 Å². The lowest BCUT2D eigenvalue weighted by atomic mass is 9.93. The molecule has 0 radical (unpaired) electrons. The van der Waals surface area contributed by atoms with E-state index < -0.39 is 6.29 Å². The van der Waals surface area contributed by atoms with Crippen LogP contribution >= 0.6 is 0 Å². The van der Waals surface area contributed by atoms with E-state index in [1.807, 2.05) is 13.0 Å². The Balaban J connectivity index is 3.23. The van der Waals surface area contributed by atoms with Gasteiger partial charge in [0, 0.05) is 12.7 Å². The van der Waals surface area contributed by atoms with Crippen molar-refractivity contribution in [2.24, 2.45) is 0 Å². The summed E-state index contributed by atoms with van der Waals surface area (Å²) in [5.74, 6) is 0.466. The first-order valence-corrected chi connectivity index (χ1v) is 5.29. The Hall–Kier alpha value is -0.860. The lowest BCUT2D eigenvalue weighted by molar-refractivity contribution is -0.0773. The molecule has 0 aliphatic carbocycles. The van der Waals surface area contributed by atoms with Gasteiger partial charge >= 0.3 is 0 Å². The standard InChI is InChI=1S/C13H20O2/c1-8(2)11-7-12(13(14)15-5)10(4)6-9(11)3/h6-8,13-14H,1-5H3. The van der Waals surface area contributed by atoms with Crippen molar-refractivity contribution >= 4 is 0 Å². The third kappa shape index (κ3) is 2.58. The van der Waals surface area contributed by atoms with E-state index in [-0.39, 0.29) is 0 Å². The Morgan fingerprint density at radius 2 is 1.60 bits per heavy atom. The van der Waals surface area contributed by atoms with Gasteiger partial charge in [-0.25, -0.2) is 0 Å². The summed E-state index contributed by atoms with van der Waals surface area (Å²) in [6.45, 7) is 8.40. The number of methoxy groups -OCH3 is 1. The normalized spacial score (nSPS) is 13.3. The number of hydrogen-bond acceptors (Lipinski definition) is 2. The lowest BCUT2D eigenvalue weighted by Crippen LogP contribution is -2.05. The van der Waals surface area contributed by atoms with E-state index in [0.29, 0.717) is 5.92 Å². The van der Waals surface area contributed by atoms with Crippen LogP contribution in [0.25, 0.3) is 0 Å². The Kier molecular flexibility index (Phi) is 3.89. The quantitative estimate of drug-likeness (QED) is 0.773. The molecular weight excluding hydrogens is 188 g/mol. The molecule has 0 bridgehead atoms. The van der Waals surface area contributed by atoms with E-state index in [1.165, 1.54) is 18.2 Å². The van der Waals surface area contributed by atoms with Gasteiger partial charge in [0.2, 0.25) is 0 Å². The number of aliphatic hydroxyl groups excluding tert-OH is 1. The van der Waals surface area contributed by atoms with Gasteiger partial charge in [0.05, 0.1) is 0 Å². The summed E-state index contributed by atoms with van der Waals surface area (Å²) in [5, 5.41) is 9.68. The highest BCUT2D eigenvalue weighted by atomic mass is 16.6. The predicted octanol–water partition coefficient (Wildman–Crippen LogP) is 3.06. The minimum atomic E-state index is -0.817. The molecule has 1 rings (SSSR count). The summed E-state index contributed by atoms with van der Waals surface area (Å²) in [7, 11) is 1.51. The van der Waals surface area contributed by atoms with E-state index in [4.69, 9.17) is 4.74 Å². The predicted molar refractivity (Wildman–Crippen MR) is 62.0 cm³/mol. The molecule has 0 aliphatic rings. The van der Waals surface area contributed by atoms with Crippen LogP contribution in [-0.2, 0) is 4.74 Å². The lowest BCUT2D eigenvalue weighted by Gasteiger charge is -2.17. The van der Waals surface area contributed by atoms with Crippen molar-refractivity contribution in [3.05, 3.63) is 34.4 Å². The number of hydrogen-bond donors (Lipinski definition) is 1. The number of ether oxygens (including phenoxy) is 1. The zero-order valence-electron chi connectivity index (χ0n) is 10.2. The molecule has 1 aromatic rings. The molecule has 0 aliphatic heterocycles. The molecular formula is C13H20O2. The van der Waals surface area contributed by atoms with Crippen molar-refractivity contribution < 1.29 is 9.84 Å². The topological polar surface area (TPSA) is 29.5 Å². The summed E-state index contributed by atoms with van der Waals surface area (Å²) >= 11 is 0. The third-order valence-electron chi connectivity index (χ3n) is 2.77. The highest BCUT2D eigenvalue weighted by Crippen LogP contribution is 2.26. The molecule has 1 atom stereocenters. The number of aliphatic hydroxyl groups is 1. The summed E-state index contributed by atoms with van der Waals surface area (Å²) in [6, 6.07) is 4.15. The zero-order chi connectivity index (χ0) is 11.6. The summed E-state index contributed by atoms with van der Waals surface area (Å²) in [5.41, 5.74) is 4.49. The van der Waals surface area contributed by atoms with E-state index >= 15 is 0 Å². The molecule has 0 spiro atoms. The molecule has 84 valence electrons. The monoisotopic (exact) mass is 208 g/mol. The minimum absolute atomic E-state index is 0.466. The average molecular weight is 208 g/mol. The Morgan fingerprint density at radius 3 is 2.07 bits per heavy atom. The van der Waals surface area contributed by atoms with Gasteiger partial charge in [-0.1, -0.05) is 19.9 Å². The summed E-state index contributed by atoms with van der Waals surface area (Å²) < 4.78 is 4.95. The second-order valence-corrected chi connectivity index (χ2v) is 4.31. The maximum absolute atomic E-state index is 9.68. The molecule has 2 heteroatoms. The van der Waals surface area contributed by atoms with Crippen molar-refractivity contribution in [1.29, 1.82) is 0 Å². The van der Waals surface area contributed by atoms with Crippen LogP contribution in [0, 0.1) is 13.8 Å². The van der Waals surface area contributed by atoms with Crippen molar-refractivity contribution in [3.63, 3.8) is 0 Å². The van der Waals surface area contributed by atoms with Crippen LogP contribution in [0.1, 0.15) is 48.3 Å². The van der Waals surface area contributed by atoms with E-state index in [0.717, 1.165) is 11.1 Å². The van der Waals surface area contributed by atoms with Crippen LogP contribution in [-0.4, -0.2) is 12.2 Å². The molecule has 2 nitrogen and oxygen atoms in total. The number of rotatable bonds is 3. The van der Waals surface area contributed by atoms with Crippen LogP contribution < -0.4 is 0 Å². The fraction of sp³-hybridized carbons (Fsp3) is 0.538. The SMILES string of the molecule is COC(O)c1cc(C(C)C)c(C)cc1C. The van der Waals surface area contributed by atoms with Gasteiger partial charge in [-0.2, -0.15) is 0 Å². The maximum Gasteiger partial charge on any atom is 0.181 e. The number of benzene rings is 1. The molecule has 0 heterocycles. The third-order valence-corrected chi connectivity index (χ3v) is 2.77. The second kappa shape index (κ2) is 4.77. The molecule has 1 unspecified atom stereocenters. The molecule has 0 aromatic heterocycles. The van der Waals surface area contributed by atoms with Gasteiger partial charge in [-0.3, -0.25) is 0 Å². The largest absolute Gasteiger partial charge is 0.364 e. The van der Waals surface area contributed by atoms with Gasteiger partial charge in [-0.15, -0.1) is 0 Å². The Morgan fingerprint density at radius 1 is 1.07 bits per heavy atom. The first-order valence-electron chi connectivity index (χ1n) is 5.29. The van der Waals surface area contributed by atoms with Gasteiger partial charge in [0.15, 0.2) is 6.29 Å². The molecule has 0 saturated heterocycles. The van der Waals surface area contributed by atoms with Crippen LogP contribution in [0.4, 0.5) is 0 Å². The molecule has 1 N–H and O–H groups in total. The van der Waals surface area contributed by atoms with E-state index in [9.17, 15) is 5.11 Å². The molecule has 15 heavy (non-hydrogen) atoms. The smallest absolute Gasteiger partial charge is 0.181 e. The fourth-order valence-corrected chi connectivity index (χ4v) is 1.90. The zero-order valence-corrected chi connectivity index (χ0v) is 10.2. The van der Waals surface area contributed by atoms with Crippen LogP contribution in [0.15, 0.2) is 12.1 Å². The summed E-state index contributed by atoms with van der Waals surface area (Å²) in [6.07, 6.45) is -0.817. The highest BCUT2D eigenvalue weighted by molar-refractivity contribution is 5.39. The van der Waals surface area contributed by atoms with Gasteiger partial charge in [0.25, 0.3) is 0 Å². The second-order valence-electron chi connectivity index (χ2n) is 4.31. The van der Waals surface area contributed by atoms with Gasteiger partial charge < -0.3 is 9.84 Å². The fourth-order valence-electron chi connectivity index (χ4n) is 1.90. The van der Waals surface area contributed by atoms with Crippen molar-refractivity contribution in [1.82, 2.24) is 0 Å². The van der Waals surface area contributed by atoms with E-state index in [1.54, 1.807) is 0 Å². The van der Waals surface area contributed by atoms with Gasteiger partial charge in [0.1, 0.15) is 0 Å².